The van der Waals surface area contributed by atoms with E-state index in [9.17, 15) is 0 Å². The predicted molar refractivity (Wildman–Crippen MR) is 46.0 cm³/mol. The molecule has 0 spiro atoms. The molecule has 1 rings (SSSR count). The molecule has 15 heavy (non-hydrogen) atoms. The van der Waals surface area contributed by atoms with E-state index in [0.29, 0.717) is 6.61 Å². The van der Waals surface area contributed by atoms with Crippen LogP contribution in [0.15, 0.2) is 0 Å². The topological polar surface area (TPSA) is 139 Å². The van der Waals surface area contributed by atoms with E-state index in [1.807, 2.05) is 0 Å². The smallest absolute Gasteiger partial charge is 0.414 e. The molecule has 1 aliphatic rings. The zero-order valence-electron chi connectivity index (χ0n) is 7.83. The molecule has 1 saturated heterocycles. The van der Waals surface area contributed by atoms with E-state index in [4.69, 9.17) is 40.1 Å². The fourth-order valence-electron chi connectivity index (χ4n) is 0.647. The van der Waals surface area contributed by atoms with Crippen molar-refractivity contribution >= 4 is 11.9 Å². The first-order valence-corrected chi connectivity index (χ1v) is 4.00. The summed E-state index contributed by atoms with van der Waals surface area (Å²) in [6.07, 6.45) is -0.576. The van der Waals surface area contributed by atoms with Crippen LogP contribution in [0.3, 0.4) is 0 Å². The Morgan fingerprint density at radius 1 is 1.13 bits per heavy atom. The Kier molecular flexibility index (Phi) is 6.54. The summed E-state index contributed by atoms with van der Waals surface area (Å²) in [5, 5.41) is 23.8. The van der Waals surface area contributed by atoms with Crippen LogP contribution in [0.25, 0.3) is 0 Å². The van der Waals surface area contributed by atoms with Crippen LogP contribution in [0.2, 0.25) is 0 Å². The van der Waals surface area contributed by atoms with Gasteiger partial charge in [0.25, 0.3) is 0 Å². The number of hydrogen-bond acceptors (Lipinski definition) is 6. The Morgan fingerprint density at radius 2 is 1.60 bits per heavy atom. The van der Waals surface area contributed by atoms with Crippen LogP contribution in [0.1, 0.15) is 0 Å². The monoisotopic (exact) mass is 223 g/mol. The molecule has 1 aliphatic heterocycles. The second kappa shape index (κ2) is 7.12. The molecule has 0 radical (unpaired) electrons. The maximum absolute atomic E-state index is 9.10. The highest BCUT2D eigenvalue weighted by Crippen LogP contribution is 1.97. The highest BCUT2D eigenvalue weighted by molar-refractivity contribution is 6.27. The number of rotatable bonds is 0. The molecule has 0 saturated carbocycles. The van der Waals surface area contributed by atoms with E-state index < -0.39 is 18.0 Å². The summed E-state index contributed by atoms with van der Waals surface area (Å²) in [5.41, 5.74) is 5.42. The molecule has 0 aromatic heterocycles. The number of ether oxygens (including phenoxy) is 2. The van der Waals surface area contributed by atoms with Gasteiger partial charge in [-0.25, -0.2) is 9.59 Å². The van der Waals surface area contributed by atoms with Gasteiger partial charge in [0.2, 0.25) is 0 Å². The van der Waals surface area contributed by atoms with Gasteiger partial charge >= 0.3 is 11.9 Å². The van der Waals surface area contributed by atoms with Crippen molar-refractivity contribution in [2.75, 3.05) is 20.0 Å². The largest absolute Gasteiger partial charge is 0.473 e. The lowest BCUT2D eigenvalue weighted by Crippen LogP contribution is -2.39. The number of carboxylic acids is 2. The van der Waals surface area contributed by atoms with Gasteiger partial charge in [-0.1, -0.05) is 0 Å². The van der Waals surface area contributed by atoms with Crippen molar-refractivity contribution < 1.29 is 34.4 Å². The van der Waals surface area contributed by atoms with E-state index in [0.717, 1.165) is 0 Å². The molecule has 8 nitrogen and oxygen atoms in total. The number of nitrogens with two attached hydrogens (primary N) is 1. The maximum atomic E-state index is 9.10. The number of carboxylic acid groups (broad SMARTS) is 2. The number of hydrogen-bond donors (Lipinski definition) is 4. The first-order chi connectivity index (χ1) is 6.95. The molecule has 8 heteroatoms. The Labute approximate surface area is 85.2 Å². The van der Waals surface area contributed by atoms with E-state index in [2.05, 4.69) is 0 Å². The molecule has 0 aliphatic carbocycles. The van der Waals surface area contributed by atoms with Gasteiger partial charge in [0, 0.05) is 0 Å². The zero-order valence-corrected chi connectivity index (χ0v) is 7.83. The molecule has 5 N–H and O–H groups in total. The average Bonchev–Trinajstić information content (AvgIpc) is 2.33. The zero-order chi connectivity index (χ0) is 11.8. The number of aliphatic carboxylic acids is 2. The van der Waals surface area contributed by atoms with E-state index in [1.54, 1.807) is 0 Å². The summed E-state index contributed by atoms with van der Waals surface area (Å²) < 4.78 is 9.69. The molecule has 0 aromatic rings. The van der Waals surface area contributed by atoms with Gasteiger partial charge in [-0.3, -0.25) is 0 Å². The van der Waals surface area contributed by atoms with Crippen LogP contribution in [0.4, 0.5) is 0 Å². The lowest BCUT2D eigenvalue weighted by molar-refractivity contribution is -0.159. The van der Waals surface area contributed by atoms with Gasteiger partial charge in [-0.2, -0.15) is 0 Å². The van der Waals surface area contributed by atoms with Crippen LogP contribution in [-0.4, -0.2) is 59.4 Å². The minimum absolute atomic E-state index is 0.241. The SMILES string of the molecule is NC1COCOCC1O.O=C(O)C(=O)O. The summed E-state index contributed by atoms with van der Waals surface area (Å²) in [4.78, 5) is 18.2. The third-order valence-electron chi connectivity index (χ3n) is 1.44. The van der Waals surface area contributed by atoms with Crippen molar-refractivity contribution in [3.8, 4) is 0 Å². The molecule has 88 valence electrons. The lowest BCUT2D eigenvalue weighted by atomic mass is 10.2. The summed E-state index contributed by atoms with van der Waals surface area (Å²) in [6, 6.07) is -0.299. The Bertz CT molecular complexity index is 197. The fourth-order valence-corrected chi connectivity index (χ4v) is 0.647. The lowest BCUT2D eigenvalue weighted by Gasteiger charge is -2.11. The Morgan fingerprint density at radius 3 is 2.07 bits per heavy atom. The van der Waals surface area contributed by atoms with Gasteiger partial charge in [0.05, 0.1) is 25.4 Å². The first-order valence-electron chi connectivity index (χ1n) is 4.00. The minimum atomic E-state index is -1.82. The predicted octanol–water partition coefficient (Wildman–Crippen LogP) is -2.17. The number of aliphatic hydroxyl groups is 1. The van der Waals surface area contributed by atoms with Crippen LogP contribution in [-0.2, 0) is 19.1 Å². The molecule has 1 heterocycles. The average molecular weight is 223 g/mol. The van der Waals surface area contributed by atoms with Gasteiger partial charge in [-0.05, 0) is 0 Å². The first kappa shape index (κ1) is 13.8. The van der Waals surface area contributed by atoms with Crippen molar-refractivity contribution in [1.82, 2.24) is 0 Å². The van der Waals surface area contributed by atoms with Crippen LogP contribution >= 0.6 is 0 Å². The van der Waals surface area contributed by atoms with Crippen molar-refractivity contribution in [2.24, 2.45) is 5.73 Å². The number of carbonyl (C=O) groups is 2. The van der Waals surface area contributed by atoms with Crippen LogP contribution < -0.4 is 5.73 Å². The van der Waals surface area contributed by atoms with Crippen molar-refractivity contribution in [3.63, 3.8) is 0 Å². The van der Waals surface area contributed by atoms with Gasteiger partial charge < -0.3 is 30.5 Å². The van der Waals surface area contributed by atoms with Crippen molar-refractivity contribution in [2.45, 2.75) is 12.1 Å². The Balaban J connectivity index is 0.000000288. The van der Waals surface area contributed by atoms with Gasteiger partial charge in [0.15, 0.2) is 0 Å². The second-order valence-electron chi connectivity index (χ2n) is 2.70. The molecular formula is C7H13NO7. The van der Waals surface area contributed by atoms with Gasteiger partial charge in [0.1, 0.15) is 6.79 Å². The third kappa shape index (κ3) is 6.80. The van der Waals surface area contributed by atoms with E-state index >= 15 is 0 Å². The number of aliphatic hydroxyl groups excluding tert-OH is 1. The normalized spacial score (nSPS) is 25.7. The van der Waals surface area contributed by atoms with Crippen LogP contribution in [0, 0.1) is 0 Å². The summed E-state index contributed by atoms with van der Waals surface area (Å²) in [6.45, 7) is 0.896. The molecule has 1 fully saturated rings. The van der Waals surface area contributed by atoms with Crippen LogP contribution in [0.5, 0.6) is 0 Å². The quantitative estimate of drug-likeness (QED) is 0.340. The Hall–Kier alpha value is -1.22. The summed E-state index contributed by atoms with van der Waals surface area (Å²) in [5.74, 6) is -3.65. The highest BCUT2D eigenvalue weighted by Gasteiger charge is 2.17. The molecule has 0 bridgehead atoms. The molecule has 0 aromatic carbocycles. The molecule has 0 amide bonds. The standard InChI is InChI=1S/C5H11NO3.C2H2O4/c6-4-1-8-3-9-2-5(4)7;3-1(4)2(5)6/h4-5,7H,1-3,6H2;(H,3,4)(H,5,6). The maximum Gasteiger partial charge on any atom is 0.414 e. The summed E-state index contributed by atoms with van der Waals surface area (Å²) in [7, 11) is 0. The molecular weight excluding hydrogens is 210 g/mol. The fraction of sp³-hybridized carbons (Fsp3) is 0.714. The molecule has 2 atom stereocenters. The van der Waals surface area contributed by atoms with Crippen molar-refractivity contribution in [3.05, 3.63) is 0 Å². The van der Waals surface area contributed by atoms with Gasteiger partial charge in [-0.15, -0.1) is 0 Å². The highest BCUT2D eigenvalue weighted by atomic mass is 16.7. The minimum Gasteiger partial charge on any atom is -0.473 e. The summed E-state index contributed by atoms with van der Waals surface area (Å²) >= 11 is 0. The molecule has 2 unspecified atom stereocenters. The van der Waals surface area contributed by atoms with E-state index in [-0.39, 0.29) is 19.4 Å². The second-order valence-corrected chi connectivity index (χ2v) is 2.70. The third-order valence-corrected chi connectivity index (χ3v) is 1.44. The van der Waals surface area contributed by atoms with Crippen molar-refractivity contribution in [1.29, 1.82) is 0 Å². The van der Waals surface area contributed by atoms with E-state index in [1.165, 1.54) is 0 Å².